The van der Waals surface area contributed by atoms with Crippen LogP contribution in [-0.2, 0) is 4.84 Å². The second-order valence-corrected chi connectivity index (χ2v) is 5.04. The number of nitrogens with one attached hydrogen (secondary N) is 1. The summed E-state index contributed by atoms with van der Waals surface area (Å²) in [6.45, 7) is 0. The van der Waals surface area contributed by atoms with Crippen LogP contribution in [0.4, 0.5) is 11.4 Å². The number of non-ortho nitro benzene ring substituents is 2. The van der Waals surface area contributed by atoms with Crippen LogP contribution in [0, 0.1) is 20.2 Å². The minimum Gasteiger partial charge on any atom is -0.284 e. The van der Waals surface area contributed by atoms with E-state index < -0.39 is 15.8 Å². The van der Waals surface area contributed by atoms with Crippen LogP contribution in [0.5, 0.6) is 0 Å². The molecule has 0 aliphatic carbocycles. The van der Waals surface area contributed by atoms with E-state index in [1.807, 2.05) is 0 Å². The normalized spacial score (nSPS) is 11.0. The average Bonchev–Trinajstić information content (AvgIpc) is 2.59. The molecule has 0 bridgehead atoms. The first-order valence-electron chi connectivity index (χ1n) is 6.58. The average molecular weight is 366 g/mol. The summed E-state index contributed by atoms with van der Waals surface area (Å²) < 4.78 is 0. The van der Waals surface area contributed by atoms with E-state index in [0.717, 1.165) is 18.2 Å². The van der Waals surface area contributed by atoms with Crippen molar-refractivity contribution in [3.05, 3.63) is 78.8 Å². The molecule has 0 heterocycles. The van der Waals surface area contributed by atoms with Gasteiger partial charge in [0.2, 0.25) is 0 Å². The highest BCUT2D eigenvalue weighted by Gasteiger charge is 2.18. The summed E-state index contributed by atoms with van der Waals surface area (Å²) in [5, 5.41) is 23.2. The number of hydrogen-bond donors (Lipinski definition) is 2. The molecule has 0 radical (unpaired) electrons. The van der Waals surface area contributed by atoms with Gasteiger partial charge in [0.1, 0.15) is 0 Å². The van der Waals surface area contributed by atoms with E-state index in [-0.39, 0.29) is 27.8 Å². The lowest BCUT2D eigenvalue weighted by molar-refractivity contribution is -0.721. The molecule has 0 saturated heterocycles. The maximum Gasteiger partial charge on any atom is 0.389 e. The summed E-state index contributed by atoms with van der Waals surface area (Å²) in [6.07, 6.45) is 0. The Morgan fingerprint density at radius 3 is 2.12 bits per heavy atom. The Kier molecular flexibility index (Phi) is 5.25. The molecule has 0 fully saturated rings. The molecule has 2 aromatic rings. The number of nitro groups is 2. The fourth-order valence-corrected chi connectivity index (χ4v) is 2.01. The van der Waals surface area contributed by atoms with Gasteiger partial charge in [0.25, 0.3) is 11.4 Å². The fourth-order valence-electron chi connectivity index (χ4n) is 1.76. The summed E-state index contributed by atoms with van der Waals surface area (Å²) in [7, 11) is 0. The predicted octanol–water partition coefficient (Wildman–Crippen LogP) is 0.714. The Labute approximate surface area is 144 Å². The van der Waals surface area contributed by atoms with Crippen LogP contribution < -0.4 is 10.9 Å². The van der Waals surface area contributed by atoms with E-state index in [0.29, 0.717) is 5.56 Å². The number of carbonyl (C=O) groups is 1. The zero-order chi connectivity index (χ0) is 18.6. The molecular formula is C14H10ClN4O6+. The lowest BCUT2D eigenvalue weighted by Crippen LogP contribution is -2.75. The van der Waals surface area contributed by atoms with Crippen molar-refractivity contribution < 1.29 is 24.6 Å². The largest absolute Gasteiger partial charge is 0.389 e. The molecule has 0 atom stereocenters. The smallest absolute Gasteiger partial charge is 0.284 e. The van der Waals surface area contributed by atoms with Crippen LogP contribution in [0.25, 0.3) is 0 Å². The number of nitrogens with zero attached hydrogens (tertiary/aromatic N) is 2. The zero-order valence-corrected chi connectivity index (χ0v) is 13.1. The second kappa shape index (κ2) is 7.36. The minimum absolute atomic E-state index is 0.0683. The first-order valence-corrected chi connectivity index (χ1v) is 6.95. The lowest BCUT2D eigenvalue weighted by Gasteiger charge is -2.00. The van der Waals surface area contributed by atoms with E-state index >= 15 is 0 Å². The van der Waals surface area contributed by atoms with Crippen LogP contribution in [0.2, 0.25) is 5.02 Å². The monoisotopic (exact) mass is 365 g/mol. The standard InChI is InChI=1S/C14H9ClN4O6/c15-12-7-10(19(23)24)5-6-11(12)14(20)25-17-13(16)8-1-3-9(4-2-8)18(21)22/h1-7H,(H2,16,17)/p+1. The van der Waals surface area contributed by atoms with Crippen LogP contribution in [0.15, 0.2) is 42.5 Å². The van der Waals surface area contributed by atoms with Gasteiger partial charge >= 0.3 is 11.8 Å². The Hall–Kier alpha value is -3.53. The highest BCUT2D eigenvalue weighted by Crippen LogP contribution is 2.22. The van der Waals surface area contributed by atoms with Crippen LogP contribution >= 0.6 is 11.6 Å². The molecule has 25 heavy (non-hydrogen) atoms. The molecule has 0 aliphatic heterocycles. The maximum atomic E-state index is 11.9. The van der Waals surface area contributed by atoms with Gasteiger partial charge in [0.05, 0.1) is 26.0 Å². The molecule has 0 aliphatic rings. The number of nitro benzene ring substituents is 2. The Morgan fingerprint density at radius 1 is 1.04 bits per heavy atom. The molecule has 11 heteroatoms. The number of halogens is 1. The van der Waals surface area contributed by atoms with Gasteiger partial charge in [0.15, 0.2) is 0 Å². The third kappa shape index (κ3) is 4.26. The maximum absolute atomic E-state index is 11.9. The van der Waals surface area contributed by atoms with Crippen molar-refractivity contribution in [3.63, 3.8) is 0 Å². The molecule has 0 spiro atoms. The van der Waals surface area contributed by atoms with Crippen molar-refractivity contribution in [1.29, 1.82) is 0 Å². The predicted molar refractivity (Wildman–Crippen MR) is 85.9 cm³/mol. The van der Waals surface area contributed by atoms with Gasteiger partial charge in [-0.05, 0) is 18.2 Å². The molecule has 0 saturated carbocycles. The van der Waals surface area contributed by atoms with Gasteiger partial charge in [-0.15, -0.1) is 0 Å². The molecule has 0 amide bonds. The first kappa shape index (κ1) is 17.8. The van der Waals surface area contributed by atoms with Crippen LogP contribution in [-0.4, -0.2) is 21.7 Å². The molecule has 2 rings (SSSR count). The van der Waals surface area contributed by atoms with Crippen molar-refractivity contribution >= 4 is 34.8 Å². The number of amidine groups is 1. The topological polar surface area (TPSA) is 153 Å². The molecular weight excluding hydrogens is 356 g/mol. The zero-order valence-electron chi connectivity index (χ0n) is 12.3. The molecule has 10 nitrogen and oxygen atoms in total. The van der Waals surface area contributed by atoms with Gasteiger partial charge in [-0.2, -0.15) is 0 Å². The summed E-state index contributed by atoms with van der Waals surface area (Å²) in [4.78, 5) is 36.7. The van der Waals surface area contributed by atoms with Gasteiger partial charge in [-0.1, -0.05) is 16.8 Å². The number of nitrogen functional groups attached to an aromatic ring is 1. The Bertz CT molecular complexity index is 881. The van der Waals surface area contributed by atoms with Crippen LogP contribution in [0.3, 0.4) is 0 Å². The molecule has 0 aromatic heterocycles. The number of benzene rings is 2. The summed E-state index contributed by atoms with van der Waals surface area (Å²) in [6, 6.07) is 8.47. The molecule has 0 unspecified atom stereocenters. The van der Waals surface area contributed by atoms with Gasteiger partial charge in [-0.3, -0.25) is 30.8 Å². The van der Waals surface area contributed by atoms with Crippen molar-refractivity contribution in [1.82, 2.24) is 0 Å². The first-order chi connectivity index (χ1) is 11.8. The highest BCUT2D eigenvalue weighted by molar-refractivity contribution is 6.33. The van der Waals surface area contributed by atoms with E-state index in [2.05, 4.69) is 5.16 Å². The van der Waals surface area contributed by atoms with E-state index in [1.54, 1.807) is 0 Å². The third-order valence-corrected chi connectivity index (χ3v) is 3.34. The second-order valence-electron chi connectivity index (χ2n) is 4.63. The summed E-state index contributed by atoms with van der Waals surface area (Å²) in [5.74, 6) is -0.981. The van der Waals surface area contributed by atoms with Gasteiger partial charge in [-0.25, -0.2) is 4.79 Å². The van der Waals surface area contributed by atoms with Crippen molar-refractivity contribution in [2.24, 2.45) is 5.73 Å². The number of nitrogens with two attached hydrogens (primary N) is 1. The van der Waals surface area contributed by atoms with Gasteiger partial charge < -0.3 is 0 Å². The van der Waals surface area contributed by atoms with E-state index in [4.69, 9.17) is 22.2 Å². The Balaban J connectivity index is 2.13. The quantitative estimate of drug-likeness (QED) is 0.260. The number of carbonyl (C=O) groups excluding carboxylic acids is 1. The molecule has 3 N–H and O–H groups in total. The molecule has 128 valence electrons. The highest BCUT2D eigenvalue weighted by atomic mass is 35.5. The van der Waals surface area contributed by atoms with Crippen molar-refractivity contribution in [3.8, 4) is 0 Å². The summed E-state index contributed by atoms with van der Waals surface area (Å²) >= 11 is 5.81. The Morgan fingerprint density at radius 2 is 1.60 bits per heavy atom. The SMILES string of the molecule is NC(=[NH+]OC(=O)c1ccc([N+](=O)[O-])cc1Cl)c1ccc([N+](=O)[O-])cc1. The number of rotatable bonds is 5. The number of hydrogen-bond acceptors (Lipinski definition) is 6. The molecule has 2 aromatic carbocycles. The van der Waals surface area contributed by atoms with Crippen molar-refractivity contribution in [2.45, 2.75) is 0 Å². The van der Waals surface area contributed by atoms with Gasteiger partial charge in [0, 0.05) is 24.3 Å². The van der Waals surface area contributed by atoms with E-state index in [1.165, 1.54) is 24.3 Å². The lowest BCUT2D eigenvalue weighted by atomic mass is 10.2. The van der Waals surface area contributed by atoms with Crippen molar-refractivity contribution in [2.75, 3.05) is 0 Å². The third-order valence-electron chi connectivity index (χ3n) is 3.03. The minimum atomic E-state index is -0.912. The van der Waals surface area contributed by atoms with Crippen LogP contribution in [0.1, 0.15) is 15.9 Å². The summed E-state index contributed by atoms with van der Waals surface area (Å²) in [5.41, 5.74) is 5.55. The fraction of sp³-hybridized carbons (Fsp3) is 0. The van der Waals surface area contributed by atoms with E-state index in [9.17, 15) is 25.0 Å².